The van der Waals surface area contributed by atoms with Gasteiger partial charge in [-0.1, -0.05) is 6.07 Å². The molecule has 2 amide bonds. The van der Waals surface area contributed by atoms with Crippen LogP contribution in [0.3, 0.4) is 0 Å². The minimum Gasteiger partial charge on any atom is -0.381 e. The zero-order chi connectivity index (χ0) is 24.6. The number of aliphatic hydroxyl groups is 1. The van der Waals surface area contributed by atoms with Crippen LogP contribution in [0.1, 0.15) is 12.5 Å². The van der Waals surface area contributed by atoms with E-state index in [1.54, 1.807) is 36.1 Å². The Kier molecular flexibility index (Phi) is 5.68. The second-order valence-electron chi connectivity index (χ2n) is 8.22. The number of anilines is 1. The highest BCUT2D eigenvalue weighted by atomic mass is 19.1. The van der Waals surface area contributed by atoms with Crippen LogP contribution in [0.4, 0.5) is 19.3 Å². The van der Waals surface area contributed by atoms with Crippen LogP contribution in [0.25, 0.3) is 5.69 Å². The summed E-state index contributed by atoms with van der Waals surface area (Å²) in [5, 5.41) is 26.8. The summed E-state index contributed by atoms with van der Waals surface area (Å²) < 4.78 is 31.3. The average molecular weight is 481 g/mol. The molecule has 0 bridgehead atoms. The van der Waals surface area contributed by atoms with Crippen molar-refractivity contribution in [2.45, 2.75) is 25.1 Å². The van der Waals surface area contributed by atoms with E-state index < -0.39 is 23.3 Å². The van der Waals surface area contributed by atoms with Crippen LogP contribution in [0, 0.1) is 11.6 Å². The summed E-state index contributed by atoms with van der Waals surface area (Å²) in [4.78, 5) is 20.3. The summed E-state index contributed by atoms with van der Waals surface area (Å²) in [6.45, 7) is 2.08. The highest BCUT2D eigenvalue weighted by molar-refractivity contribution is 5.94. The summed E-state index contributed by atoms with van der Waals surface area (Å²) in [6.07, 6.45) is 4.13. The minimum absolute atomic E-state index is 0.140. The van der Waals surface area contributed by atoms with Gasteiger partial charge in [-0.2, -0.15) is 5.10 Å². The SMILES string of the molecule is C[C@H](N1CCN(c2ccc(-n3cnnn3)cc2)C1=O)[C@@](O)(Cn1cncn1)c1ccc(F)cc1F. The quantitative estimate of drug-likeness (QED) is 0.427. The largest absolute Gasteiger partial charge is 0.381 e. The van der Waals surface area contributed by atoms with Gasteiger partial charge in [0.2, 0.25) is 0 Å². The van der Waals surface area contributed by atoms with Crippen LogP contribution in [-0.2, 0) is 12.1 Å². The van der Waals surface area contributed by atoms with E-state index in [-0.39, 0.29) is 24.7 Å². The molecule has 5 rings (SSSR count). The van der Waals surface area contributed by atoms with Crippen molar-refractivity contribution in [1.29, 1.82) is 0 Å². The topological polar surface area (TPSA) is 118 Å². The number of hydrogen-bond donors (Lipinski definition) is 1. The van der Waals surface area contributed by atoms with Crippen molar-refractivity contribution in [2.75, 3.05) is 18.0 Å². The summed E-state index contributed by atoms with van der Waals surface area (Å²) >= 11 is 0. The van der Waals surface area contributed by atoms with Gasteiger partial charge in [0.15, 0.2) is 0 Å². The molecule has 2 aromatic heterocycles. The fourth-order valence-electron chi connectivity index (χ4n) is 4.32. The molecule has 1 aliphatic rings. The first-order valence-electron chi connectivity index (χ1n) is 10.8. The Morgan fingerprint density at radius 1 is 1.09 bits per heavy atom. The van der Waals surface area contributed by atoms with E-state index in [0.717, 1.165) is 11.8 Å². The van der Waals surface area contributed by atoms with Crippen molar-refractivity contribution in [3.05, 3.63) is 78.6 Å². The van der Waals surface area contributed by atoms with Crippen LogP contribution >= 0.6 is 0 Å². The van der Waals surface area contributed by atoms with Gasteiger partial charge in [-0.15, -0.1) is 5.10 Å². The highest BCUT2D eigenvalue weighted by Gasteiger charge is 2.46. The fourth-order valence-corrected chi connectivity index (χ4v) is 4.32. The molecule has 0 radical (unpaired) electrons. The maximum atomic E-state index is 14.8. The number of urea groups is 1. The molecule has 1 fully saturated rings. The first-order valence-corrected chi connectivity index (χ1v) is 10.8. The molecular weight excluding hydrogens is 460 g/mol. The number of rotatable bonds is 7. The number of aromatic nitrogens is 7. The predicted molar refractivity (Wildman–Crippen MR) is 118 cm³/mol. The van der Waals surface area contributed by atoms with Crippen molar-refractivity contribution in [3.63, 3.8) is 0 Å². The Labute approximate surface area is 198 Å². The average Bonchev–Trinajstić information content (AvgIpc) is 3.61. The van der Waals surface area contributed by atoms with Gasteiger partial charge in [-0.05, 0) is 47.7 Å². The Hall–Kier alpha value is -4.26. The van der Waals surface area contributed by atoms with Crippen molar-refractivity contribution in [1.82, 2.24) is 39.9 Å². The second-order valence-corrected chi connectivity index (χ2v) is 8.22. The molecule has 0 unspecified atom stereocenters. The number of hydrogen-bond acceptors (Lipinski definition) is 7. The highest BCUT2D eigenvalue weighted by Crippen LogP contribution is 2.35. The van der Waals surface area contributed by atoms with Crippen LogP contribution in [0.5, 0.6) is 0 Å². The maximum Gasteiger partial charge on any atom is 0.324 e. The molecule has 2 atom stereocenters. The van der Waals surface area contributed by atoms with E-state index in [4.69, 9.17) is 0 Å². The number of nitrogens with zero attached hydrogens (tertiary/aromatic N) is 9. The molecule has 180 valence electrons. The molecule has 1 N–H and O–H groups in total. The molecule has 35 heavy (non-hydrogen) atoms. The van der Waals surface area contributed by atoms with Crippen LogP contribution in [0.2, 0.25) is 0 Å². The van der Waals surface area contributed by atoms with Crippen LogP contribution < -0.4 is 4.90 Å². The van der Waals surface area contributed by atoms with Gasteiger partial charge in [0, 0.05) is 30.4 Å². The number of carbonyl (C=O) groups is 1. The number of carbonyl (C=O) groups excluding carboxylic acids is 1. The fraction of sp³-hybridized carbons (Fsp3) is 0.273. The van der Waals surface area contributed by atoms with Crippen LogP contribution in [-0.4, -0.2) is 70.1 Å². The summed E-state index contributed by atoms with van der Waals surface area (Å²) in [6, 6.07) is 8.82. The van der Waals surface area contributed by atoms with Gasteiger partial charge in [0.05, 0.1) is 18.3 Å². The standard InChI is InChI=1S/C22H21F2N9O2/c1-15(22(35,11-30-13-25-12-27-30)19-7-2-16(23)10-20(19)24)31-8-9-32(21(31)34)17-3-5-18(6-4-17)33-14-26-28-29-33/h2-7,10,12-15,35H,8-9,11H2,1H3/t15-,22-/m0/s1. The van der Waals surface area contributed by atoms with E-state index in [0.29, 0.717) is 18.3 Å². The van der Waals surface area contributed by atoms with Gasteiger partial charge in [-0.3, -0.25) is 4.90 Å². The molecule has 1 aliphatic heterocycles. The van der Waals surface area contributed by atoms with Crippen molar-refractivity contribution in [2.24, 2.45) is 0 Å². The van der Waals surface area contributed by atoms with Gasteiger partial charge >= 0.3 is 6.03 Å². The molecule has 0 saturated carbocycles. The van der Waals surface area contributed by atoms with Gasteiger partial charge < -0.3 is 10.0 Å². The second kappa shape index (κ2) is 8.83. The maximum absolute atomic E-state index is 14.8. The third-order valence-electron chi connectivity index (χ3n) is 6.24. The van der Waals surface area contributed by atoms with Gasteiger partial charge in [0.1, 0.15) is 36.2 Å². The zero-order valence-electron chi connectivity index (χ0n) is 18.6. The lowest BCUT2D eigenvalue weighted by Crippen LogP contribution is -2.53. The summed E-state index contributed by atoms with van der Waals surface area (Å²) in [7, 11) is 0. The number of halogens is 2. The molecule has 0 spiro atoms. The molecular formula is C22H21F2N9O2. The lowest BCUT2D eigenvalue weighted by Gasteiger charge is -2.39. The van der Waals surface area contributed by atoms with Crippen molar-refractivity contribution < 1.29 is 18.7 Å². The third kappa shape index (κ3) is 4.10. The minimum atomic E-state index is -1.92. The van der Waals surface area contributed by atoms with E-state index in [1.807, 2.05) is 0 Å². The number of amides is 2. The third-order valence-corrected chi connectivity index (χ3v) is 6.24. The summed E-state index contributed by atoms with van der Waals surface area (Å²) in [5.41, 5.74) is -0.681. The molecule has 0 aliphatic carbocycles. The van der Waals surface area contributed by atoms with Gasteiger partial charge in [-0.25, -0.2) is 27.9 Å². The predicted octanol–water partition coefficient (Wildman–Crippen LogP) is 1.75. The van der Waals surface area contributed by atoms with Crippen LogP contribution in [0.15, 0.2) is 61.4 Å². The molecule has 2 aromatic carbocycles. The Balaban J connectivity index is 1.43. The van der Waals surface area contributed by atoms with Crippen molar-refractivity contribution >= 4 is 11.7 Å². The molecule has 4 aromatic rings. The van der Waals surface area contributed by atoms with E-state index in [1.165, 1.54) is 39.3 Å². The number of tetrazole rings is 1. The zero-order valence-corrected chi connectivity index (χ0v) is 18.6. The number of benzene rings is 2. The van der Waals surface area contributed by atoms with Crippen molar-refractivity contribution in [3.8, 4) is 5.69 Å². The molecule has 11 nitrogen and oxygen atoms in total. The van der Waals surface area contributed by atoms with Gasteiger partial charge in [0.25, 0.3) is 0 Å². The first kappa shape index (κ1) is 22.5. The van der Waals surface area contributed by atoms with E-state index in [2.05, 4.69) is 25.6 Å². The molecule has 1 saturated heterocycles. The Morgan fingerprint density at radius 3 is 2.51 bits per heavy atom. The lowest BCUT2D eigenvalue weighted by atomic mass is 9.85. The monoisotopic (exact) mass is 481 g/mol. The van der Waals surface area contributed by atoms with E-state index >= 15 is 0 Å². The smallest absolute Gasteiger partial charge is 0.324 e. The molecule has 13 heteroatoms. The summed E-state index contributed by atoms with van der Waals surface area (Å²) in [5.74, 6) is -1.68. The molecule has 3 heterocycles. The normalized spacial score (nSPS) is 16.5. The van der Waals surface area contributed by atoms with E-state index in [9.17, 15) is 18.7 Å². The Morgan fingerprint density at radius 2 is 1.86 bits per heavy atom. The first-order chi connectivity index (χ1) is 16.9. The lowest BCUT2D eigenvalue weighted by molar-refractivity contribution is -0.0475. The Bertz CT molecular complexity index is 1320.